The third-order valence-corrected chi connectivity index (χ3v) is 4.63. The quantitative estimate of drug-likeness (QED) is 0.542. The van der Waals surface area contributed by atoms with Crippen molar-refractivity contribution in [3.05, 3.63) is 46.8 Å². The van der Waals surface area contributed by atoms with Crippen molar-refractivity contribution in [1.82, 2.24) is 4.98 Å². The van der Waals surface area contributed by atoms with Crippen LogP contribution in [0.2, 0.25) is 0 Å². The third kappa shape index (κ3) is 4.43. The lowest BCUT2D eigenvalue weighted by Gasteiger charge is -2.09. The van der Waals surface area contributed by atoms with E-state index < -0.39 is 18.0 Å². The molecule has 3 N–H and O–H groups in total. The summed E-state index contributed by atoms with van der Waals surface area (Å²) < 4.78 is 5.09. The van der Waals surface area contributed by atoms with Crippen LogP contribution in [0, 0.1) is 13.8 Å². The number of aromatic amines is 1. The van der Waals surface area contributed by atoms with Gasteiger partial charge in [-0.15, -0.1) is 11.8 Å². The summed E-state index contributed by atoms with van der Waals surface area (Å²) in [4.78, 5) is 28.1. The van der Waals surface area contributed by atoms with Gasteiger partial charge in [-0.2, -0.15) is 0 Å². The number of benzene rings is 1. The number of H-pyrrole nitrogens is 1. The number of aliphatic hydroxyl groups excluding tert-OH is 1. The normalized spacial score (nSPS) is 11.9. The van der Waals surface area contributed by atoms with Crippen molar-refractivity contribution in [2.24, 2.45) is 0 Å². The minimum absolute atomic E-state index is 0.255. The molecule has 0 radical (unpaired) electrons. The Bertz CT molecular complexity index is 783. The molecule has 1 heterocycles. The number of rotatable bonds is 6. The SMILES string of the molecule is CSc1ccccc1NC(=O)COC(=O)c1[nH]c(C)c([C@H](C)O)c1C. The van der Waals surface area contributed by atoms with E-state index in [0.717, 1.165) is 4.90 Å². The van der Waals surface area contributed by atoms with Gasteiger partial charge >= 0.3 is 5.97 Å². The number of anilines is 1. The number of amides is 1. The van der Waals surface area contributed by atoms with Crippen molar-refractivity contribution in [2.75, 3.05) is 18.2 Å². The van der Waals surface area contributed by atoms with Crippen molar-refractivity contribution in [3.63, 3.8) is 0 Å². The van der Waals surface area contributed by atoms with Crippen molar-refractivity contribution < 1.29 is 19.4 Å². The second-order valence-electron chi connectivity index (χ2n) is 5.66. The molecule has 0 aliphatic carbocycles. The summed E-state index contributed by atoms with van der Waals surface area (Å²) in [7, 11) is 0. The van der Waals surface area contributed by atoms with E-state index in [1.807, 2.05) is 24.5 Å². The van der Waals surface area contributed by atoms with E-state index in [2.05, 4.69) is 10.3 Å². The van der Waals surface area contributed by atoms with Gasteiger partial charge in [0, 0.05) is 16.2 Å². The Morgan fingerprint density at radius 2 is 2.00 bits per heavy atom. The highest BCUT2D eigenvalue weighted by Crippen LogP contribution is 2.25. The standard InChI is InChI=1S/C18H22N2O4S/c1-10-16(12(3)21)11(2)19-17(10)18(23)24-9-15(22)20-13-7-5-6-8-14(13)25-4/h5-8,12,19,21H,9H2,1-4H3,(H,20,22)/t12-/m0/s1. The predicted octanol–water partition coefficient (Wildman–Crippen LogP) is 3.20. The first kappa shape index (κ1) is 19.1. The van der Waals surface area contributed by atoms with E-state index in [-0.39, 0.29) is 12.3 Å². The van der Waals surface area contributed by atoms with Crippen LogP contribution in [0.4, 0.5) is 5.69 Å². The van der Waals surface area contributed by atoms with Gasteiger partial charge in [0.1, 0.15) is 5.69 Å². The van der Waals surface area contributed by atoms with Crippen LogP contribution >= 0.6 is 11.8 Å². The first-order valence-corrected chi connectivity index (χ1v) is 9.04. The Hall–Kier alpha value is -2.25. The molecular formula is C18H22N2O4S. The molecule has 6 nitrogen and oxygen atoms in total. The molecular weight excluding hydrogens is 340 g/mol. The highest BCUT2D eigenvalue weighted by atomic mass is 32.2. The van der Waals surface area contributed by atoms with Crippen molar-refractivity contribution in [3.8, 4) is 0 Å². The van der Waals surface area contributed by atoms with Crippen LogP contribution in [0.3, 0.4) is 0 Å². The Morgan fingerprint density at radius 3 is 2.60 bits per heavy atom. The fraction of sp³-hybridized carbons (Fsp3) is 0.333. The Balaban J connectivity index is 2.00. The minimum atomic E-state index is -0.691. The lowest BCUT2D eigenvalue weighted by molar-refractivity contribution is -0.119. The van der Waals surface area contributed by atoms with Crippen molar-refractivity contribution >= 4 is 29.3 Å². The zero-order chi connectivity index (χ0) is 18.6. The zero-order valence-corrected chi connectivity index (χ0v) is 15.5. The molecule has 1 amide bonds. The van der Waals surface area contributed by atoms with E-state index in [1.165, 1.54) is 11.8 Å². The highest BCUT2D eigenvalue weighted by molar-refractivity contribution is 7.98. The number of aryl methyl sites for hydroxylation is 1. The first-order valence-electron chi connectivity index (χ1n) is 7.82. The number of aromatic nitrogens is 1. The van der Waals surface area contributed by atoms with E-state index in [9.17, 15) is 14.7 Å². The maximum absolute atomic E-state index is 12.2. The summed E-state index contributed by atoms with van der Waals surface area (Å²) in [6.45, 7) is 4.76. The summed E-state index contributed by atoms with van der Waals surface area (Å²) in [6.07, 6.45) is 1.23. The molecule has 0 spiro atoms. The van der Waals surface area contributed by atoms with Gasteiger partial charge in [0.25, 0.3) is 5.91 Å². The predicted molar refractivity (Wildman–Crippen MR) is 98.0 cm³/mol. The topological polar surface area (TPSA) is 91.4 Å². The van der Waals surface area contributed by atoms with Crippen molar-refractivity contribution in [2.45, 2.75) is 31.8 Å². The van der Waals surface area contributed by atoms with E-state index in [4.69, 9.17) is 4.74 Å². The Morgan fingerprint density at radius 1 is 1.32 bits per heavy atom. The van der Waals surface area contributed by atoms with Gasteiger partial charge in [-0.3, -0.25) is 4.79 Å². The number of para-hydroxylation sites is 1. The molecule has 25 heavy (non-hydrogen) atoms. The molecule has 2 aromatic rings. The van der Waals surface area contributed by atoms with Gasteiger partial charge in [-0.25, -0.2) is 4.79 Å². The van der Waals surface area contributed by atoms with E-state index in [0.29, 0.717) is 22.5 Å². The molecule has 2 rings (SSSR count). The van der Waals surface area contributed by atoms with Crippen LogP contribution in [0.25, 0.3) is 0 Å². The van der Waals surface area contributed by atoms with Gasteiger partial charge in [0.05, 0.1) is 11.8 Å². The number of aliphatic hydroxyl groups is 1. The molecule has 0 fully saturated rings. The summed E-state index contributed by atoms with van der Waals surface area (Å²) in [5.41, 5.74) is 2.94. The van der Waals surface area contributed by atoms with E-state index >= 15 is 0 Å². The average molecular weight is 362 g/mol. The maximum Gasteiger partial charge on any atom is 0.355 e. The lowest BCUT2D eigenvalue weighted by Crippen LogP contribution is -2.21. The molecule has 1 atom stereocenters. The van der Waals surface area contributed by atoms with Gasteiger partial charge in [-0.05, 0) is 44.7 Å². The number of ether oxygens (including phenoxy) is 1. The van der Waals surface area contributed by atoms with E-state index in [1.54, 1.807) is 26.8 Å². The smallest absolute Gasteiger partial charge is 0.355 e. The zero-order valence-electron chi connectivity index (χ0n) is 14.7. The first-order chi connectivity index (χ1) is 11.8. The van der Waals surface area contributed by atoms with Crippen LogP contribution < -0.4 is 5.32 Å². The lowest BCUT2D eigenvalue weighted by atomic mass is 10.1. The largest absolute Gasteiger partial charge is 0.451 e. The monoisotopic (exact) mass is 362 g/mol. The second kappa shape index (κ2) is 8.22. The van der Waals surface area contributed by atoms with Crippen LogP contribution in [-0.4, -0.2) is 34.8 Å². The molecule has 1 aromatic heterocycles. The number of carbonyl (C=O) groups excluding carboxylic acids is 2. The van der Waals surface area contributed by atoms with Crippen LogP contribution in [0.15, 0.2) is 29.2 Å². The molecule has 0 aliphatic rings. The van der Waals surface area contributed by atoms with Gasteiger partial charge in [-0.1, -0.05) is 12.1 Å². The summed E-state index contributed by atoms with van der Waals surface area (Å²) >= 11 is 1.52. The van der Waals surface area contributed by atoms with Gasteiger partial charge in [0.2, 0.25) is 0 Å². The highest BCUT2D eigenvalue weighted by Gasteiger charge is 2.21. The molecule has 7 heteroatoms. The van der Waals surface area contributed by atoms with Crippen LogP contribution in [-0.2, 0) is 9.53 Å². The van der Waals surface area contributed by atoms with Gasteiger partial charge in [0.15, 0.2) is 6.61 Å². The number of hydrogen-bond donors (Lipinski definition) is 3. The van der Waals surface area contributed by atoms with Crippen LogP contribution in [0.5, 0.6) is 0 Å². The second-order valence-corrected chi connectivity index (χ2v) is 6.51. The molecule has 0 saturated carbocycles. The summed E-state index contributed by atoms with van der Waals surface area (Å²) in [5.74, 6) is -1.03. The number of carbonyl (C=O) groups is 2. The Kier molecular flexibility index (Phi) is 6.27. The maximum atomic E-state index is 12.2. The molecule has 134 valence electrons. The molecule has 0 bridgehead atoms. The molecule has 1 aromatic carbocycles. The minimum Gasteiger partial charge on any atom is -0.451 e. The molecule has 0 aliphatic heterocycles. The number of thioether (sulfide) groups is 1. The molecule has 0 unspecified atom stereocenters. The Labute approximate surface area is 151 Å². The number of hydrogen-bond acceptors (Lipinski definition) is 5. The van der Waals surface area contributed by atoms with Crippen LogP contribution in [0.1, 0.15) is 40.3 Å². The number of esters is 1. The summed E-state index contributed by atoms with van der Waals surface area (Å²) in [5, 5.41) is 12.5. The fourth-order valence-electron chi connectivity index (χ4n) is 2.73. The van der Waals surface area contributed by atoms with Gasteiger partial charge < -0.3 is 20.1 Å². The molecule has 0 saturated heterocycles. The third-order valence-electron chi connectivity index (χ3n) is 3.83. The van der Waals surface area contributed by atoms with Crippen molar-refractivity contribution in [1.29, 1.82) is 0 Å². The summed E-state index contributed by atoms with van der Waals surface area (Å²) in [6, 6.07) is 7.40. The average Bonchev–Trinajstić information content (AvgIpc) is 2.87. The fourth-order valence-corrected chi connectivity index (χ4v) is 3.29. The number of nitrogens with one attached hydrogen (secondary N) is 2.